The van der Waals surface area contributed by atoms with Gasteiger partial charge in [0.25, 0.3) is 0 Å². The van der Waals surface area contributed by atoms with E-state index in [-0.39, 0.29) is 29.2 Å². The van der Waals surface area contributed by atoms with Gasteiger partial charge in [-0.15, -0.1) is 0 Å². The number of carbonyl (C=O) groups excluding carboxylic acids is 1. The number of sulfonamides is 1. The average Bonchev–Trinajstić information content (AvgIpc) is 3.35. The highest BCUT2D eigenvalue weighted by atomic mass is 32.2. The minimum Gasteiger partial charge on any atom is -0.495 e. The normalized spacial score (nSPS) is 16.8. The van der Waals surface area contributed by atoms with Gasteiger partial charge in [0.15, 0.2) is 5.76 Å². The number of anilines is 1. The second-order valence-corrected chi connectivity index (χ2v) is 8.65. The van der Waals surface area contributed by atoms with Gasteiger partial charge < -0.3 is 19.3 Å². The number of benzene rings is 1. The van der Waals surface area contributed by atoms with E-state index >= 15 is 0 Å². The Morgan fingerprint density at radius 2 is 2.17 bits per heavy atom. The summed E-state index contributed by atoms with van der Waals surface area (Å²) in [4.78, 5) is 11.4. The van der Waals surface area contributed by atoms with Gasteiger partial charge in [0.1, 0.15) is 22.0 Å². The Hall–Kier alpha value is -2.69. The Bertz CT molecular complexity index is 1040. The van der Waals surface area contributed by atoms with E-state index in [1.165, 1.54) is 20.1 Å². The van der Waals surface area contributed by atoms with Gasteiger partial charge in [0, 0.05) is 20.1 Å². The number of aryl methyl sites for hydroxylation is 1. The van der Waals surface area contributed by atoms with E-state index in [0.29, 0.717) is 29.3 Å². The Morgan fingerprint density at radius 1 is 1.37 bits per heavy atom. The molecule has 2 N–H and O–H groups in total. The zero-order valence-electron chi connectivity index (χ0n) is 17.1. The van der Waals surface area contributed by atoms with E-state index in [4.69, 9.17) is 14.0 Å². The molecular formula is C20H25N3O6S. The molecule has 2 heterocycles. The van der Waals surface area contributed by atoms with E-state index in [9.17, 15) is 13.2 Å². The number of nitrogens with one attached hydrogen (secondary N) is 2. The van der Waals surface area contributed by atoms with Gasteiger partial charge in [-0.05, 0) is 43.5 Å². The molecule has 0 radical (unpaired) electrons. The van der Waals surface area contributed by atoms with Crippen LogP contribution in [0.1, 0.15) is 36.8 Å². The molecule has 1 aliphatic rings. The monoisotopic (exact) mass is 435 g/mol. The van der Waals surface area contributed by atoms with Crippen LogP contribution in [0, 0.1) is 6.92 Å². The fourth-order valence-corrected chi connectivity index (χ4v) is 4.36. The number of amides is 1. The van der Waals surface area contributed by atoms with Gasteiger partial charge in [-0.25, -0.2) is 13.1 Å². The van der Waals surface area contributed by atoms with Gasteiger partial charge in [-0.3, -0.25) is 4.79 Å². The second-order valence-electron chi connectivity index (χ2n) is 6.92. The van der Waals surface area contributed by atoms with E-state index in [0.717, 1.165) is 12.8 Å². The third kappa shape index (κ3) is 5.26. The first-order valence-corrected chi connectivity index (χ1v) is 11.0. The Labute approximate surface area is 175 Å². The lowest BCUT2D eigenvalue weighted by atomic mass is 10.2. The molecule has 30 heavy (non-hydrogen) atoms. The fourth-order valence-electron chi connectivity index (χ4n) is 3.09. The molecule has 3 rings (SSSR count). The van der Waals surface area contributed by atoms with Crippen molar-refractivity contribution in [2.24, 2.45) is 0 Å². The molecule has 0 bridgehead atoms. The molecule has 1 amide bonds. The molecule has 1 saturated heterocycles. The van der Waals surface area contributed by atoms with Crippen molar-refractivity contribution in [2.75, 3.05) is 25.6 Å². The van der Waals surface area contributed by atoms with Crippen LogP contribution >= 0.6 is 0 Å². The fraction of sp³-hybridized carbons (Fsp3) is 0.400. The lowest BCUT2D eigenvalue weighted by Crippen LogP contribution is -2.32. The topological polar surface area (TPSA) is 120 Å². The van der Waals surface area contributed by atoms with E-state index in [1.807, 2.05) is 0 Å². The summed E-state index contributed by atoms with van der Waals surface area (Å²) in [7, 11) is -2.38. The van der Waals surface area contributed by atoms with Crippen LogP contribution in [0.5, 0.6) is 5.75 Å². The zero-order valence-corrected chi connectivity index (χ0v) is 17.9. The van der Waals surface area contributed by atoms with Crippen LogP contribution in [-0.2, 0) is 19.6 Å². The predicted octanol–water partition coefficient (Wildman–Crippen LogP) is 2.58. The van der Waals surface area contributed by atoms with Crippen LogP contribution in [0.25, 0.3) is 12.2 Å². The van der Waals surface area contributed by atoms with Crippen LogP contribution in [0.3, 0.4) is 0 Å². The molecule has 162 valence electrons. The second kappa shape index (κ2) is 9.41. The van der Waals surface area contributed by atoms with Crippen molar-refractivity contribution in [3.05, 3.63) is 35.2 Å². The number of hydrogen-bond donors (Lipinski definition) is 2. The molecule has 1 aromatic heterocycles. The summed E-state index contributed by atoms with van der Waals surface area (Å²) in [5.41, 5.74) is 1.62. The highest BCUT2D eigenvalue weighted by molar-refractivity contribution is 7.89. The molecule has 10 heteroatoms. The molecule has 0 saturated carbocycles. The maximum atomic E-state index is 12.8. The number of hydrogen-bond acceptors (Lipinski definition) is 7. The summed E-state index contributed by atoms with van der Waals surface area (Å²) >= 11 is 0. The lowest BCUT2D eigenvalue weighted by molar-refractivity contribution is -0.114. The Morgan fingerprint density at radius 3 is 2.83 bits per heavy atom. The van der Waals surface area contributed by atoms with Crippen molar-refractivity contribution < 1.29 is 27.2 Å². The zero-order chi connectivity index (χ0) is 21.7. The summed E-state index contributed by atoms with van der Waals surface area (Å²) in [5.74, 6) is 0.354. The number of carbonyl (C=O) groups is 1. The minimum atomic E-state index is -3.80. The first-order valence-electron chi connectivity index (χ1n) is 9.51. The molecule has 1 aromatic carbocycles. The van der Waals surface area contributed by atoms with Gasteiger partial charge in [-0.1, -0.05) is 17.3 Å². The summed E-state index contributed by atoms with van der Waals surface area (Å²) in [6.45, 7) is 3.97. The van der Waals surface area contributed by atoms with Gasteiger partial charge in [0.2, 0.25) is 15.9 Å². The number of methoxy groups -OCH3 is 1. The predicted molar refractivity (Wildman–Crippen MR) is 112 cm³/mol. The Balaban J connectivity index is 1.84. The van der Waals surface area contributed by atoms with Crippen molar-refractivity contribution in [3.8, 4) is 5.75 Å². The van der Waals surface area contributed by atoms with Crippen LogP contribution in [0.2, 0.25) is 0 Å². The molecule has 1 atom stereocenters. The molecule has 9 nitrogen and oxygen atoms in total. The first kappa shape index (κ1) is 22.0. The first-order chi connectivity index (χ1) is 14.3. The highest BCUT2D eigenvalue weighted by Crippen LogP contribution is 2.27. The van der Waals surface area contributed by atoms with Gasteiger partial charge >= 0.3 is 0 Å². The van der Waals surface area contributed by atoms with Gasteiger partial charge in [-0.2, -0.15) is 0 Å². The molecular weight excluding hydrogens is 410 g/mol. The van der Waals surface area contributed by atoms with Crippen LogP contribution < -0.4 is 14.8 Å². The highest BCUT2D eigenvalue weighted by Gasteiger charge is 2.23. The van der Waals surface area contributed by atoms with E-state index < -0.39 is 10.0 Å². The average molecular weight is 436 g/mol. The quantitative estimate of drug-likeness (QED) is 0.654. The molecule has 0 spiro atoms. The van der Waals surface area contributed by atoms with Gasteiger partial charge in [0.05, 0.1) is 13.2 Å². The van der Waals surface area contributed by atoms with Crippen LogP contribution in [0.4, 0.5) is 5.69 Å². The molecule has 0 aliphatic carbocycles. The summed E-state index contributed by atoms with van der Waals surface area (Å²) in [6, 6.07) is 4.81. The number of ether oxygens (including phenoxy) is 2. The standard InChI is InChI=1S/C20H25N3O6S/c1-13-20(22-14(2)24)18(29-23-13)9-7-15-6-8-17(27-3)19(11-15)30(25,26)21-12-16-5-4-10-28-16/h6-9,11,16,21H,4-5,10,12H2,1-3H3,(H,22,24)/b9-7-/t16-/m1/s1. The third-order valence-electron chi connectivity index (χ3n) is 4.62. The SMILES string of the molecule is COc1ccc(/C=C\c2onc(C)c2NC(C)=O)cc1S(=O)(=O)NC[C@H]1CCCO1. The largest absolute Gasteiger partial charge is 0.495 e. The van der Waals surface area contributed by atoms with Crippen molar-refractivity contribution in [3.63, 3.8) is 0 Å². The van der Waals surface area contributed by atoms with Crippen molar-refractivity contribution >= 4 is 33.8 Å². The number of nitrogens with zero attached hydrogens (tertiary/aromatic N) is 1. The summed E-state index contributed by atoms with van der Waals surface area (Å²) in [5, 5.41) is 6.52. The molecule has 0 unspecified atom stereocenters. The summed E-state index contributed by atoms with van der Waals surface area (Å²) in [6.07, 6.45) is 4.93. The third-order valence-corrected chi connectivity index (χ3v) is 6.06. The number of aromatic nitrogens is 1. The molecule has 1 fully saturated rings. The lowest BCUT2D eigenvalue weighted by Gasteiger charge is -2.14. The van der Waals surface area contributed by atoms with Crippen LogP contribution in [-0.4, -0.2) is 45.8 Å². The minimum absolute atomic E-state index is 0.0287. The van der Waals surface area contributed by atoms with E-state index in [2.05, 4.69) is 15.2 Å². The van der Waals surface area contributed by atoms with Crippen LogP contribution in [0.15, 0.2) is 27.6 Å². The van der Waals surface area contributed by atoms with Crippen molar-refractivity contribution in [2.45, 2.75) is 37.7 Å². The maximum Gasteiger partial charge on any atom is 0.244 e. The number of rotatable bonds is 8. The van der Waals surface area contributed by atoms with Crippen molar-refractivity contribution in [1.29, 1.82) is 0 Å². The molecule has 1 aliphatic heterocycles. The van der Waals surface area contributed by atoms with E-state index in [1.54, 1.807) is 31.2 Å². The summed E-state index contributed by atoms with van der Waals surface area (Å²) < 4.78 is 44.2. The maximum absolute atomic E-state index is 12.8. The molecule has 2 aromatic rings. The Kier molecular flexibility index (Phi) is 6.91. The van der Waals surface area contributed by atoms with Crippen molar-refractivity contribution in [1.82, 2.24) is 9.88 Å². The smallest absolute Gasteiger partial charge is 0.244 e.